The minimum absolute atomic E-state index is 0. The second-order valence-electron chi connectivity index (χ2n) is 2.98. The zero-order valence-electron chi connectivity index (χ0n) is 8.07. The maximum Gasteiger partial charge on any atom is 0.407 e. The van der Waals surface area contributed by atoms with Gasteiger partial charge in [0.05, 0.1) is 10.5 Å². The molecule has 0 radical (unpaired) electrons. The first-order chi connectivity index (χ1) is 7.23. The van der Waals surface area contributed by atoms with Gasteiger partial charge in [-0.25, -0.2) is 4.39 Å². The summed E-state index contributed by atoms with van der Waals surface area (Å²) in [7, 11) is 0. The second-order valence-corrected chi connectivity index (χ2v) is 2.98. The Bertz CT molecular complexity index is 424. The average molecular weight is 275 g/mol. The largest absolute Gasteiger partial charge is 0.407 e. The fourth-order valence-corrected chi connectivity index (χ4v) is 1.12. The lowest BCUT2D eigenvalue weighted by molar-refractivity contribution is -0.386. The van der Waals surface area contributed by atoms with Crippen molar-refractivity contribution in [3.05, 3.63) is 39.7 Å². The molecular formula is C8H7ClF4N2O2. The highest BCUT2D eigenvalue weighted by atomic mass is 35.5. The van der Waals surface area contributed by atoms with Crippen LogP contribution >= 0.6 is 12.4 Å². The molecule has 1 rings (SSSR count). The number of alkyl halides is 3. The zero-order valence-corrected chi connectivity index (χ0v) is 8.89. The quantitative estimate of drug-likeness (QED) is 0.512. The van der Waals surface area contributed by atoms with Gasteiger partial charge in [0.25, 0.3) is 5.69 Å². The van der Waals surface area contributed by atoms with E-state index in [-0.39, 0.29) is 12.4 Å². The molecule has 2 N–H and O–H groups in total. The van der Waals surface area contributed by atoms with Gasteiger partial charge in [0.1, 0.15) is 11.9 Å². The molecule has 0 aromatic heterocycles. The van der Waals surface area contributed by atoms with E-state index in [0.717, 1.165) is 0 Å². The molecule has 9 heteroatoms. The lowest BCUT2D eigenvalue weighted by atomic mass is 10.1. The van der Waals surface area contributed by atoms with Crippen molar-refractivity contribution >= 4 is 18.1 Å². The van der Waals surface area contributed by atoms with E-state index in [4.69, 9.17) is 5.73 Å². The van der Waals surface area contributed by atoms with E-state index in [1.807, 2.05) is 0 Å². The van der Waals surface area contributed by atoms with Gasteiger partial charge in [0, 0.05) is 6.07 Å². The highest BCUT2D eigenvalue weighted by Crippen LogP contribution is 2.35. The summed E-state index contributed by atoms with van der Waals surface area (Å²) < 4.78 is 49.4. The summed E-state index contributed by atoms with van der Waals surface area (Å²) in [5.41, 5.74) is 3.04. The highest BCUT2D eigenvalue weighted by Gasteiger charge is 2.41. The SMILES string of the molecule is Cl.N[C@H](c1cc(F)ccc1[N+](=O)[O-])C(F)(F)F. The van der Waals surface area contributed by atoms with E-state index in [2.05, 4.69) is 0 Å². The van der Waals surface area contributed by atoms with Crippen LogP contribution in [0.2, 0.25) is 0 Å². The fraction of sp³-hybridized carbons (Fsp3) is 0.250. The third-order valence-corrected chi connectivity index (χ3v) is 1.87. The van der Waals surface area contributed by atoms with E-state index in [1.54, 1.807) is 0 Å². The van der Waals surface area contributed by atoms with Gasteiger partial charge in [0.2, 0.25) is 0 Å². The van der Waals surface area contributed by atoms with Crippen molar-refractivity contribution in [2.75, 3.05) is 0 Å². The van der Waals surface area contributed by atoms with Crippen LogP contribution < -0.4 is 5.73 Å². The Balaban J connectivity index is 0.00000256. The van der Waals surface area contributed by atoms with Crippen LogP contribution in [0.1, 0.15) is 11.6 Å². The molecule has 1 atom stereocenters. The number of nitrogens with zero attached hydrogens (tertiary/aromatic N) is 1. The third-order valence-electron chi connectivity index (χ3n) is 1.87. The maximum absolute atomic E-state index is 12.7. The molecule has 4 nitrogen and oxygen atoms in total. The van der Waals surface area contributed by atoms with Crippen molar-refractivity contribution in [3.8, 4) is 0 Å². The fourth-order valence-electron chi connectivity index (χ4n) is 1.12. The second kappa shape index (κ2) is 5.28. The Hall–Kier alpha value is -1.41. The van der Waals surface area contributed by atoms with E-state index < -0.39 is 34.2 Å². The van der Waals surface area contributed by atoms with E-state index in [0.29, 0.717) is 18.2 Å². The highest BCUT2D eigenvalue weighted by molar-refractivity contribution is 5.85. The minimum atomic E-state index is -4.86. The number of nitro benzene ring substituents is 1. The van der Waals surface area contributed by atoms with Gasteiger partial charge in [-0.2, -0.15) is 13.2 Å². The van der Waals surface area contributed by atoms with Crippen LogP contribution in [0.25, 0.3) is 0 Å². The first-order valence-electron chi connectivity index (χ1n) is 3.99. The summed E-state index contributed by atoms with van der Waals surface area (Å²) >= 11 is 0. The maximum atomic E-state index is 12.7. The molecule has 0 aliphatic heterocycles. The summed E-state index contributed by atoms with van der Waals surface area (Å²) in [6.07, 6.45) is -4.86. The molecule has 0 aliphatic rings. The topological polar surface area (TPSA) is 69.2 Å². The summed E-state index contributed by atoms with van der Waals surface area (Å²) in [5, 5.41) is 10.4. The van der Waals surface area contributed by atoms with Gasteiger partial charge in [-0.15, -0.1) is 12.4 Å². The van der Waals surface area contributed by atoms with Crippen LogP contribution in [0.3, 0.4) is 0 Å². The van der Waals surface area contributed by atoms with Crippen LogP contribution in [0.5, 0.6) is 0 Å². The molecule has 0 fully saturated rings. The minimum Gasteiger partial charge on any atom is -0.316 e. The monoisotopic (exact) mass is 274 g/mol. The lowest BCUT2D eigenvalue weighted by Gasteiger charge is -2.15. The molecule has 0 amide bonds. The van der Waals surface area contributed by atoms with Crippen molar-refractivity contribution in [3.63, 3.8) is 0 Å². The molecule has 17 heavy (non-hydrogen) atoms. The van der Waals surface area contributed by atoms with Gasteiger partial charge in [-0.1, -0.05) is 0 Å². The van der Waals surface area contributed by atoms with Crippen molar-refractivity contribution < 1.29 is 22.5 Å². The Kier molecular flexibility index (Phi) is 4.84. The molecule has 0 saturated carbocycles. The molecule has 0 bridgehead atoms. The molecule has 0 spiro atoms. The Labute approximate surface area is 99.0 Å². The molecule has 0 saturated heterocycles. The lowest BCUT2D eigenvalue weighted by Crippen LogP contribution is -2.29. The van der Waals surface area contributed by atoms with E-state index in [9.17, 15) is 27.7 Å². The van der Waals surface area contributed by atoms with Crippen LogP contribution in [0.4, 0.5) is 23.2 Å². The normalized spacial score (nSPS) is 12.8. The Morgan fingerprint density at radius 2 is 1.88 bits per heavy atom. The van der Waals surface area contributed by atoms with E-state index in [1.165, 1.54) is 0 Å². The standard InChI is InChI=1S/C8H6F4N2O2.ClH/c9-4-1-2-6(14(15)16)5(3-4)7(13)8(10,11)12;/h1-3,7H,13H2;1H/t7-;/m1./s1. The summed E-state index contributed by atoms with van der Waals surface area (Å²) in [6.45, 7) is 0. The molecule has 96 valence electrons. The van der Waals surface area contributed by atoms with Crippen molar-refractivity contribution in [2.45, 2.75) is 12.2 Å². The molecule has 0 unspecified atom stereocenters. The predicted molar refractivity (Wildman–Crippen MR) is 53.3 cm³/mol. The smallest absolute Gasteiger partial charge is 0.316 e. The van der Waals surface area contributed by atoms with Gasteiger partial charge >= 0.3 is 6.18 Å². The van der Waals surface area contributed by atoms with E-state index >= 15 is 0 Å². The number of halogens is 5. The molecular weight excluding hydrogens is 268 g/mol. The van der Waals surface area contributed by atoms with Crippen molar-refractivity contribution in [1.82, 2.24) is 0 Å². The molecule has 1 aromatic carbocycles. The van der Waals surface area contributed by atoms with Crippen LogP contribution in [-0.4, -0.2) is 11.1 Å². The Morgan fingerprint density at radius 1 is 1.35 bits per heavy atom. The Morgan fingerprint density at radius 3 is 2.29 bits per heavy atom. The summed E-state index contributed by atoms with van der Waals surface area (Å²) in [6, 6.07) is -0.819. The molecule has 0 heterocycles. The van der Waals surface area contributed by atoms with Crippen LogP contribution in [0, 0.1) is 15.9 Å². The number of hydrogen-bond acceptors (Lipinski definition) is 3. The first kappa shape index (κ1) is 15.6. The number of rotatable bonds is 2. The van der Waals surface area contributed by atoms with Gasteiger partial charge in [-0.3, -0.25) is 10.1 Å². The predicted octanol–water partition coefficient (Wildman–Crippen LogP) is 2.72. The number of benzene rings is 1. The zero-order chi connectivity index (χ0) is 12.5. The summed E-state index contributed by atoms with van der Waals surface area (Å²) in [5.74, 6) is -1.01. The van der Waals surface area contributed by atoms with Crippen LogP contribution in [0.15, 0.2) is 18.2 Å². The number of hydrogen-bond donors (Lipinski definition) is 1. The molecule has 0 aliphatic carbocycles. The van der Waals surface area contributed by atoms with Gasteiger partial charge < -0.3 is 5.73 Å². The third kappa shape index (κ3) is 3.53. The first-order valence-corrected chi connectivity index (χ1v) is 3.99. The summed E-state index contributed by atoms with van der Waals surface area (Å²) in [4.78, 5) is 9.38. The average Bonchev–Trinajstić information content (AvgIpc) is 2.14. The van der Waals surface area contributed by atoms with Gasteiger partial charge in [0.15, 0.2) is 0 Å². The van der Waals surface area contributed by atoms with Crippen molar-refractivity contribution in [2.24, 2.45) is 5.73 Å². The van der Waals surface area contributed by atoms with Crippen LogP contribution in [-0.2, 0) is 0 Å². The number of nitrogens with two attached hydrogens (primary N) is 1. The van der Waals surface area contributed by atoms with Crippen molar-refractivity contribution in [1.29, 1.82) is 0 Å². The van der Waals surface area contributed by atoms with Gasteiger partial charge in [-0.05, 0) is 12.1 Å². The number of nitro groups is 1. The molecule has 1 aromatic rings.